The maximum absolute atomic E-state index is 12.7. The zero-order valence-electron chi connectivity index (χ0n) is 15.4. The molecule has 0 spiro atoms. The number of anilines is 1. The molecule has 1 N–H and O–H groups in total. The van der Waals surface area contributed by atoms with Crippen LogP contribution in [0.1, 0.15) is 36.7 Å². The lowest BCUT2D eigenvalue weighted by atomic mass is 10.1. The van der Waals surface area contributed by atoms with Crippen LogP contribution in [0.25, 0.3) is 0 Å². The predicted octanol–water partition coefficient (Wildman–Crippen LogP) is 4.44. The van der Waals surface area contributed by atoms with Crippen LogP contribution in [0.15, 0.2) is 24.4 Å². The van der Waals surface area contributed by atoms with Gasteiger partial charge in [0.2, 0.25) is 5.75 Å². The first-order chi connectivity index (χ1) is 12.5. The molecule has 0 aliphatic heterocycles. The fourth-order valence-corrected chi connectivity index (χ4v) is 2.98. The fourth-order valence-electron chi connectivity index (χ4n) is 2.37. The number of halogens is 1. The Morgan fingerprint density at radius 2 is 1.62 bits per heavy atom. The van der Waals surface area contributed by atoms with Gasteiger partial charge in [0.25, 0.3) is 5.91 Å². The standard InChI is InChI=1S/C19H23IN2O4/c1-5-24-15-9-13(10-16(25-6-2)17(15)26-7-3)19(23)22-18-12(4)8-14(20)11-21-18/h8-11H,5-7H2,1-4H3,(H,21,22,23). The second-order valence-corrected chi connectivity index (χ2v) is 6.62. The van der Waals surface area contributed by atoms with E-state index in [1.54, 1.807) is 18.3 Å². The summed E-state index contributed by atoms with van der Waals surface area (Å²) in [7, 11) is 0. The molecule has 0 radical (unpaired) electrons. The van der Waals surface area contributed by atoms with Crippen LogP contribution in [0.2, 0.25) is 0 Å². The minimum atomic E-state index is -0.285. The summed E-state index contributed by atoms with van der Waals surface area (Å²) in [5.41, 5.74) is 1.31. The van der Waals surface area contributed by atoms with Crippen molar-refractivity contribution in [3.05, 3.63) is 39.1 Å². The van der Waals surface area contributed by atoms with Gasteiger partial charge in [-0.2, -0.15) is 0 Å². The van der Waals surface area contributed by atoms with Crippen LogP contribution in [-0.4, -0.2) is 30.7 Å². The summed E-state index contributed by atoms with van der Waals surface area (Å²) in [5, 5.41) is 2.84. The van der Waals surface area contributed by atoms with Crippen LogP contribution in [0, 0.1) is 10.5 Å². The number of carbonyl (C=O) groups is 1. The van der Waals surface area contributed by atoms with E-state index in [2.05, 4.69) is 32.9 Å². The summed E-state index contributed by atoms with van der Waals surface area (Å²) in [5.74, 6) is 1.72. The number of hydrogen-bond donors (Lipinski definition) is 1. The van der Waals surface area contributed by atoms with E-state index in [1.807, 2.05) is 33.8 Å². The Labute approximate surface area is 167 Å². The van der Waals surface area contributed by atoms with Crippen LogP contribution in [-0.2, 0) is 0 Å². The van der Waals surface area contributed by atoms with Gasteiger partial charge in [-0.3, -0.25) is 4.79 Å². The van der Waals surface area contributed by atoms with E-state index in [0.717, 1.165) is 9.13 Å². The Morgan fingerprint density at radius 3 is 2.12 bits per heavy atom. The Morgan fingerprint density at radius 1 is 1.04 bits per heavy atom. The van der Waals surface area contributed by atoms with Crippen molar-refractivity contribution in [3.8, 4) is 17.2 Å². The molecule has 0 fully saturated rings. The molecular formula is C19H23IN2O4. The highest BCUT2D eigenvalue weighted by atomic mass is 127. The first-order valence-electron chi connectivity index (χ1n) is 8.50. The summed E-state index contributed by atoms with van der Waals surface area (Å²) >= 11 is 2.18. The van der Waals surface area contributed by atoms with Crippen LogP contribution in [0.5, 0.6) is 17.2 Å². The lowest BCUT2D eigenvalue weighted by Crippen LogP contribution is -2.15. The molecule has 0 atom stereocenters. The number of rotatable bonds is 8. The molecule has 0 aliphatic carbocycles. The van der Waals surface area contributed by atoms with Gasteiger partial charge >= 0.3 is 0 Å². The second-order valence-electron chi connectivity index (χ2n) is 5.37. The SMILES string of the molecule is CCOc1cc(C(=O)Nc2ncc(I)cc2C)cc(OCC)c1OCC. The zero-order chi connectivity index (χ0) is 19.1. The van der Waals surface area contributed by atoms with Gasteiger partial charge in [-0.25, -0.2) is 4.98 Å². The lowest BCUT2D eigenvalue weighted by Gasteiger charge is -2.17. The van der Waals surface area contributed by atoms with Crippen LogP contribution in [0.3, 0.4) is 0 Å². The number of carbonyl (C=O) groups excluding carboxylic acids is 1. The van der Waals surface area contributed by atoms with Crippen molar-refractivity contribution in [2.45, 2.75) is 27.7 Å². The number of benzene rings is 1. The van der Waals surface area contributed by atoms with Gasteiger partial charge in [-0.1, -0.05) is 0 Å². The van der Waals surface area contributed by atoms with E-state index in [9.17, 15) is 4.79 Å². The minimum absolute atomic E-state index is 0.285. The topological polar surface area (TPSA) is 69.7 Å². The molecule has 0 unspecified atom stereocenters. The molecule has 0 bridgehead atoms. The fraction of sp³-hybridized carbons (Fsp3) is 0.368. The number of nitrogens with one attached hydrogen (secondary N) is 1. The van der Waals surface area contributed by atoms with Gasteiger partial charge in [-0.15, -0.1) is 0 Å². The van der Waals surface area contributed by atoms with Gasteiger partial charge in [0.1, 0.15) is 5.82 Å². The zero-order valence-corrected chi connectivity index (χ0v) is 17.5. The highest BCUT2D eigenvalue weighted by Gasteiger charge is 2.19. The average molecular weight is 470 g/mol. The molecular weight excluding hydrogens is 447 g/mol. The molecule has 2 rings (SSSR count). The van der Waals surface area contributed by atoms with Crippen LogP contribution >= 0.6 is 22.6 Å². The third-order valence-corrected chi connectivity index (χ3v) is 4.04. The van der Waals surface area contributed by atoms with E-state index < -0.39 is 0 Å². The highest BCUT2D eigenvalue weighted by molar-refractivity contribution is 14.1. The van der Waals surface area contributed by atoms with Gasteiger partial charge in [0.05, 0.1) is 19.8 Å². The second kappa shape index (κ2) is 9.61. The third kappa shape index (κ3) is 5.00. The van der Waals surface area contributed by atoms with E-state index in [0.29, 0.717) is 48.5 Å². The molecule has 0 aliphatic rings. The number of amides is 1. The first kappa shape index (κ1) is 20.3. The summed E-state index contributed by atoms with van der Waals surface area (Å²) in [6, 6.07) is 5.28. The summed E-state index contributed by atoms with van der Waals surface area (Å²) in [4.78, 5) is 17.0. The number of pyridine rings is 1. The predicted molar refractivity (Wildman–Crippen MR) is 110 cm³/mol. The molecule has 7 heteroatoms. The maximum atomic E-state index is 12.7. The molecule has 2 aromatic rings. The van der Waals surface area contributed by atoms with E-state index in [4.69, 9.17) is 14.2 Å². The van der Waals surface area contributed by atoms with E-state index in [-0.39, 0.29) is 5.91 Å². The van der Waals surface area contributed by atoms with Crippen LogP contribution in [0.4, 0.5) is 5.82 Å². The minimum Gasteiger partial charge on any atom is -0.490 e. The molecule has 0 saturated heterocycles. The number of aryl methyl sites for hydroxylation is 1. The molecule has 1 aromatic heterocycles. The van der Waals surface area contributed by atoms with Gasteiger partial charge < -0.3 is 19.5 Å². The molecule has 1 aromatic carbocycles. The highest BCUT2D eigenvalue weighted by Crippen LogP contribution is 2.39. The van der Waals surface area contributed by atoms with Crippen molar-refractivity contribution in [3.63, 3.8) is 0 Å². The Hall–Kier alpha value is -2.03. The number of nitrogens with zero attached hydrogens (tertiary/aromatic N) is 1. The maximum Gasteiger partial charge on any atom is 0.257 e. The molecule has 6 nitrogen and oxygen atoms in total. The average Bonchev–Trinajstić information content (AvgIpc) is 2.60. The van der Waals surface area contributed by atoms with Crippen molar-refractivity contribution in [1.82, 2.24) is 4.98 Å². The third-order valence-electron chi connectivity index (χ3n) is 3.45. The summed E-state index contributed by atoms with van der Waals surface area (Å²) in [6.45, 7) is 8.92. The van der Waals surface area contributed by atoms with E-state index in [1.165, 1.54) is 0 Å². The first-order valence-corrected chi connectivity index (χ1v) is 9.57. The molecule has 1 heterocycles. The Balaban J connectivity index is 2.38. The van der Waals surface area contributed by atoms with E-state index >= 15 is 0 Å². The largest absolute Gasteiger partial charge is 0.490 e. The van der Waals surface area contributed by atoms with Gasteiger partial charge in [0.15, 0.2) is 11.5 Å². The molecule has 140 valence electrons. The van der Waals surface area contributed by atoms with Gasteiger partial charge in [0, 0.05) is 15.3 Å². The quantitative estimate of drug-likeness (QED) is 0.578. The summed E-state index contributed by atoms with van der Waals surface area (Å²) < 4.78 is 18.0. The van der Waals surface area contributed by atoms with Gasteiger partial charge in [-0.05, 0) is 74.0 Å². The van der Waals surface area contributed by atoms with Crippen molar-refractivity contribution >= 4 is 34.3 Å². The smallest absolute Gasteiger partial charge is 0.257 e. The van der Waals surface area contributed by atoms with Crippen molar-refractivity contribution < 1.29 is 19.0 Å². The van der Waals surface area contributed by atoms with Crippen LogP contribution < -0.4 is 19.5 Å². The molecule has 1 amide bonds. The molecule has 26 heavy (non-hydrogen) atoms. The summed E-state index contributed by atoms with van der Waals surface area (Å²) in [6.07, 6.45) is 1.71. The van der Waals surface area contributed by atoms with Crippen molar-refractivity contribution in [2.24, 2.45) is 0 Å². The van der Waals surface area contributed by atoms with Crippen molar-refractivity contribution in [1.29, 1.82) is 0 Å². The Kier molecular flexibility index (Phi) is 7.50. The normalized spacial score (nSPS) is 10.3. The molecule has 0 saturated carbocycles. The van der Waals surface area contributed by atoms with Crippen molar-refractivity contribution in [2.75, 3.05) is 25.1 Å². The number of aromatic nitrogens is 1. The lowest BCUT2D eigenvalue weighted by molar-refractivity contribution is 0.102. The Bertz CT molecular complexity index is 753. The number of hydrogen-bond acceptors (Lipinski definition) is 5. The monoisotopic (exact) mass is 470 g/mol. The number of ether oxygens (including phenoxy) is 3.